The van der Waals surface area contributed by atoms with E-state index in [-0.39, 0.29) is 11.7 Å². The van der Waals surface area contributed by atoms with Gasteiger partial charge in [-0.05, 0) is 42.9 Å². The fraction of sp³-hybridized carbons (Fsp3) is 0.533. The van der Waals surface area contributed by atoms with E-state index in [0.717, 1.165) is 38.0 Å². The predicted octanol–water partition coefficient (Wildman–Crippen LogP) is 2.30. The Kier molecular flexibility index (Phi) is 5.33. The molecule has 0 aliphatic carbocycles. The molecule has 4 heteroatoms. The first-order valence-electron chi connectivity index (χ1n) is 6.83. The van der Waals surface area contributed by atoms with E-state index in [0.29, 0.717) is 18.9 Å². The number of halogens is 1. The van der Waals surface area contributed by atoms with Crippen molar-refractivity contribution in [3.8, 4) is 0 Å². The zero-order valence-corrected chi connectivity index (χ0v) is 11.0. The monoisotopic (exact) mass is 265 g/mol. The molecule has 1 aromatic carbocycles. The van der Waals surface area contributed by atoms with Crippen LogP contribution in [0, 0.1) is 11.7 Å². The number of rotatable bonds is 5. The van der Waals surface area contributed by atoms with Crippen LogP contribution in [0.25, 0.3) is 0 Å². The van der Waals surface area contributed by atoms with Crippen LogP contribution in [0.5, 0.6) is 0 Å². The van der Waals surface area contributed by atoms with Crippen LogP contribution in [0.2, 0.25) is 0 Å². The van der Waals surface area contributed by atoms with Gasteiger partial charge in [0.25, 0.3) is 0 Å². The summed E-state index contributed by atoms with van der Waals surface area (Å²) in [7, 11) is 0. The lowest BCUT2D eigenvalue weighted by atomic mass is 9.96. The van der Waals surface area contributed by atoms with Crippen molar-refractivity contribution in [2.24, 2.45) is 5.92 Å². The molecule has 0 radical (unpaired) electrons. The Hall–Kier alpha value is -1.42. The average Bonchev–Trinajstić information content (AvgIpc) is 2.42. The number of nitrogens with one attached hydrogen (secondary N) is 1. The maximum atomic E-state index is 12.7. The molecule has 0 saturated carbocycles. The number of benzene rings is 1. The minimum Gasteiger partial charge on any atom is -0.381 e. The van der Waals surface area contributed by atoms with Crippen LogP contribution >= 0.6 is 0 Å². The minimum atomic E-state index is -0.229. The topological polar surface area (TPSA) is 38.3 Å². The molecular weight excluding hydrogens is 245 g/mol. The maximum Gasteiger partial charge on any atom is 0.220 e. The Morgan fingerprint density at radius 1 is 1.26 bits per heavy atom. The van der Waals surface area contributed by atoms with Crippen LogP contribution in [0.3, 0.4) is 0 Å². The zero-order chi connectivity index (χ0) is 13.5. The normalized spacial score (nSPS) is 16.3. The highest BCUT2D eigenvalue weighted by Crippen LogP contribution is 2.17. The molecule has 19 heavy (non-hydrogen) atoms. The fourth-order valence-corrected chi connectivity index (χ4v) is 2.28. The molecule has 2 rings (SSSR count). The first-order valence-corrected chi connectivity index (χ1v) is 6.83. The second-order valence-corrected chi connectivity index (χ2v) is 4.99. The molecule has 0 unspecified atom stereocenters. The quantitative estimate of drug-likeness (QED) is 0.887. The number of hydrogen-bond donors (Lipinski definition) is 1. The van der Waals surface area contributed by atoms with Gasteiger partial charge in [-0.3, -0.25) is 4.79 Å². The molecular formula is C15H20FNO2. The van der Waals surface area contributed by atoms with E-state index in [1.54, 1.807) is 12.1 Å². The van der Waals surface area contributed by atoms with Gasteiger partial charge in [0.2, 0.25) is 5.91 Å². The molecule has 1 aliphatic rings. The Morgan fingerprint density at radius 2 is 1.95 bits per heavy atom. The largest absolute Gasteiger partial charge is 0.381 e. The predicted molar refractivity (Wildman–Crippen MR) is 71.3 cm³/mol. The van der Waals surface area contributed by atoms with Crippen LogP contribution in [0.4, 0.5) is 4.39 Å². The van der Waals surface area contributed by atoms with Gasteiger partial charge in [0, 0.05) is 26.2 Å². The van der Waals surface area contributed by atoms with Crippen LogP contribution in [0.15, 0.2) is 24.3 Å². The van der Waals surface area contributed by atoms with Crippen LogP contribution in [-0.2, 0) is 16.0 Å². The van der Waals surface area contributed by atoms with E-state index in [9.17, 15) is 9.18 Å². The van der Waals surface area contributed by atoms with Gasteiger partial charge in [0.1, 0.15) is 5.82 Å². The Balaban J connectivity index is 1.64. The summed E-state index contributed by atoms with van der Waals surface area (Å²) < 4.78 is 18.0. The smallest absolute Gasteiger partial charge is 0.220 e. The van der Waals surface area contributed by atoms with Crippen LogP contribution in [0.1, 0.15) is 24.8 Å². The third-order valence-corrected chi connectivity index (χ3v) is 3.46. The van der Waals surface area contributed by atoms with Crippen molar-refractivity contribution in [2.75, 3.05) is 19.8 Å². The van der Waals surface area contributed by atoms with Crippen molar-refractivity contribution >= 4 is 5.91 Å². The molecule has 1 aliphatic heterocycles. The summed E-state index contributed by atoms with van der Waals surface area (Å²) >= 11 is 0. The minimum absolute atomic E-state index is 0.106. The van der Waals surface area contributed by atoms with Crippen molar-refractivity contribution in [3.63, 3.8) is 0 Å². The molecule has 0 bridgehead atoms. The van der Waals surface area contributed by atoms with Crippen molar-refractivity contribution in [3.05, 3.63) is 35.6 Å². The molecule has 3 nitrogen and oxygen atoms in total. The Labute approximate surface area is 113 Å². The molecule has 1 N–H and O–H groups in total. The highest BCUT2D eigenvalue weighted by molar-refractivity contribution is 5.76. The van der Waals surface area contributed by atoms with E-state index < -0.39 is 0 Å². The van der Waals surface area contributed by atoms with Gasteiger partial charge in [-0.1, -0.05) is 12.1 Å². The highest BCUT2D eigenvalue weighted by atomic mass is 19.1. The SMILES string of the molecule is O=C(CC1CCOCC1)NCCc1ccc(F)cc1. The van der Waals surface area contributed by atoms with E-state index in [1.807, 2.05) is 0 Å². The summed E-state index contributed by atoms with van der Waals surface area (Å²) in [5, 5.41) is 2.92. The molecule has 1 saturated heterocycles. The number of hydrogen-bond acceptors (Lipinski definition) is 2. The summed E-state index contributed by atoms with van der Waals surface area (Å²) in [5.41, 5.74) is 1.03. The second kappa shape index (κ2) is 7.24. The second-order valence-electron chi connectivity index (χ2n) is 4.99. The molecule has 0 atom stereocenters. The molecule has 0 aromatic heterocycles. The standard InChI is InChI=1S/C15H20FNO2/c16-14-3-1-12(2-4-14)5-8-17-15(18)11-13-6-9-19-10-7-13/h1-4,13H,5-11H2,(H,17,18). The molecule has 1 aromatic rings. The first-order chi connectivity index (χ1) is 9.24. The number of carbonyl (C=O) groups is 1. The van der Waals surface area contributed by atoms with E-state index in [1.165, 1.54) is 12.1 Å². The van der Waals surface area contributed by atoms with Gasteiger partial charge >= 0.3 is 0 Å². The molecule has 1 amide bonds. The summed E-state index contributed by atoms with van der Waals surface area (Å²) in [4.78, 5) is 11.7. The number of carbonyl (C=O) groups excluding carboxylic acids is 1. The number of amides is 1. The van der Waals surface area contributed by atoms with Crippen molar-refractivity contribution in [2.45, 2.75) is 25.7 Å². The highest BCUT2D eigenvalue weighted by Gasteiger charge is 2.16. The third kappa shape index (κ3) is 4.99. The van der Waals surface area contributed by atoms with E-state index in [4.69, 9.17) is 4.74 Å². The van der Waals surface area contributed by atoms with Crippen LogP contribution in [-0.4, -0.2) is 25.7 Å². The lowest BCUT2D eigenvalue weighted by Crippen LogP contribution is -2.29. The maximum absolute atomic E-state index is 12.7. The Bertz CT molecular complexity index is 399. The van der Waals surface area contributed by atoms with Gasteiger partial charge in [-0.25, -0.2) is 4.39 Å². The lowest BCUT2D eigenvalue weighted by Gasteiger charge is -2.21. The Morgan fingerprint density at radius 3 is 2.63 bits per heavy atom. The average molecular weight is 265 g/mol. The summed E-state index contributed by atoms with van der Waals surface area (Å²) in [6.07, 6.45) is 3.28. The van der Waals surface area contributed by atoms with Crippen LogP contribution < -0.4 is 5.32 Å². The van der Waals surface area contributed by atoms with E-state index >= 15 is 0 Å². The van der Waals surface area contributed by atoms with Crippen molar-refractivity contribution in [1.29, 1.82) is 0 Å². The third-order valence-electron chi connectivity index (χ3n) is 3.46. The fourth-order valence-electron chi connectivity index (χ4n) is 2.28. The molecule has 1 heterocycles. The summed E-state index contributed by atoms with van der Waals surface area (Å²) in [5.74, 6) is 0.334. The summed E-state index contributed by atoms with van der Waals surface area (Å²) in [6.45, 7) is 2.15. The van der Waals surface area contributed by atoms with Gasteiger partial charge in [0.05, 0.1) is 0 Å². The molecule has 1 fully saturated rings. The first kappa shape index (κ1) is 14.0. The van der Waals surface area contributed by atoms with Crippen molar-refractivity contribution in [1.82, 2.24) is 5.32 Å². The molecule has 0 spiro atoms. The van der Waals surface area contributed by atoms with Gasteiger partial charge in [-0.2, -0.15) is 0 Å². The van der Waals surface area contributed by atoms with Gasteiger partial charge in [-0.15, -0.1) is 0 Å². The van der Waals surface area contributed by atoms with Gasteiger partial charge in [0.15, 0.2) is 0 Å². The lowest BCUT2D eigenvalue weighted by molar-refractivity contribution is -0.122. The van der Waals surface area contributed by atoms with Crippen molar-refractivity contribution < 1.29 is 13.9 Å². The zero-order valence-electron chi connectivity index (χ0n) is 11.0. The summed E-state index contributed by atoms with van der Waals surface area (Å²) in [6, 6.07) is 6.39. The molecule has 104 valence electrons. The van der Waals surface area contributed by atoms with Gasteiger partial charge < -0.3 is 10.1 Å². The van der Waals surface area contributed by atoms with E-state index in [2.05, 4.69) is 5.32 Å². The number of ether oxygens (including phenoxy) is 1.